The third-order valence-corrected chi connectivity index (χ3v) is 4.49. The van der Waals surface area contributed by atoms with Gasteiger partial charge in [-0.1, -0.05) is 0 Å². The van der Waals surface area contributed by atoms with Crippen molar-refractivity contribution < 1.29 is 4.79 Å². The molecule has 20 heavy (non-hydrogen) atoms. The summed E-state index contributed by atoms with van der Waals surface area (Å²) in [5.41, 5.74) is 2.51. The van der Waals surface area contributed by atoms with E-state index < -0.39 is 0 Å². The van der Waals surface area contributed by atoms with Gasteiger partial charge in [-0.2, -0.15) is 0 Å². The predicted molar refractivity (Wildman–Crippen MR) is 80.3 cm³/mol. The number of hydrogen-bond donors (Lipinski definition) is 2. The molecule has 1 saturated heterocycles. The Hall–Kier alpha value is -1.82. The fourth-order valence-electron chi connectivity index (χ4n) is 2.40. The normalized spacial score (nSPS) is 14.8. The molecule has 1 aliphatic heterocycles. The molecule has 0 aromatic carbocycles. The molecule has 1 amide bonds. The van der Waals surface area contributed by atoms with Crippen LogP contribution in [-0.4, -0.2) is 29.0 Å². The standard InChI is InChI=1S/C14H18N4OS/c1-10-12(4-5-15-10)13(19)16-8-11-9-20-14(17-11)18-6-2-3-7-18/h4-5,9,15H,2-3,6-8H2,1H3,(H,16,19). The fourth-order valence-corrected chi connectivity index (χ4v) is 3.28. The van der Waals surface area contributed by atoms with Crippen LogP contribution in [0, 0.1) is 6.92 Å². The van der Waals surface area contributed by atoms with Crippen molar-refractivity contribution in [3.63, 3.8) is 0 Å². The van der Waals surface area contributed by atoms with Crippen molar-refractivity contribution in [2.75, 3.05) is 18.0 Å². The molecule has 2 aromatic heterocycles. The van der Waals surface area contributed by atoms with Crippen LogP contribution >= 0.6 is 11.3 Å². The smallest absolute Gasteiger partial charge is 0.253 e. The monoisotopic (exact) mass is 290 g/mol. The molecule has 0 bridgehead atoms. The highest BCUT2D eigenvalue weighted by Gasteiger charge is 2.16. The number of nitrogens with zero attached hydrogens (tertiary/aromatic N) is 2. The van der Waals surface area contributed by atoms with E-state index in [9.17, 15) is 4.79 Å². The fraction of sp³-hybridized carbons (Fsp3) is 0.429. The Bertz CT molecular complexity index is 598. The Morgan fingerprint density at radius 2 is 2.30 bits per heavy atom. The summed E-state index contributed by atoms with van der Waals surface area (Å²) in [7, 11) is 0. The van der Waals surface area contributed by atoms with Gasteiger partial charge in [0, 0.05) is 30.4 Å². The van der Waals surface area contributed by atoms with Gasteiger partial charge in [0.1, 0.15) is 0 Å². The maximum absolute atomic E-state index is 12.0. The van der Waals surface area contributed by atoms with Crippen molar-refractivity contribution in [3.05, 3.63) is 34.6 Å². The van der Waals surface area contributed by atoms with Gasteiger partial charge in [-0.3, -0.25) is 4.79 Å². The average molecular weight is 290 g/mol. The molecule has 0 spiro atoms. The van der Waals surface area contributed by atoms with E-state index in [-0.39, 0.29) is 5.91 Å². The molecule has 1 aliphatic rings. The number of aryl methyl sites for hydroxylation is 1. The number of rotatable bonds is 4. The van der Waals surface area contributed by atoms with E-state index in [0.717, 1.165) is 29.6 Å². The Balaban J connectivity index is 1.58. The first-order valence-electron chi connectivity index (χ1n) is 6.85. The number of carbonyl (C=O) groups excluding carboxylic acids is 1. The molecule has 3 heterocycles. The zero-order valence-electron chi connectivity index (χ0n) is 11.5. The highest BCUT2D eigenvalue weighted by molar-refractivity contribution is 7.13. The van der Waals surface area contributed by atoms with Gasteiger partial charge in [0.2, 0.25) is 0 Å². The third-order valence-electron chi connectivity index (χ3n) is 3.54. The SMILES string of the molecule is Cc1[nH]ccc1C(=O)NCc1csc(N2CCCC2)n1. The lowest BCUT2D eigenvalue weighted by atomic mass is 10.2. The summed E-state index contributed by atoms with van der Waals surface area (Å²) in [5.74, 6) is -0.0560. The average Bonchev–Trinajstić information content (AvgIpc) is 3.16. The van der Waals surface area contributed by atoms with E-state index in [1.54, 1.807) is 23.6 Å². The minimum absolute atomic E-state index is 0.0560. The molecule has 0 saturated carbocycles. The molecule has 6 heteroatoms. The first-order chi connectivity index (χ1) is 9.74. The summed E-state index contributed by atoms with van der Waals surface area (Å²) >= 11 is 1.66. The molecule has 0 unspecified atom stereocenters. The number of hydrogen-bond acceptors (Lipinski definition) is 4. The molecule has 3 rings (SSSR count). The number of nitrogens with one attached hydrogen (secondary N) is 2. The van der Waals surface area contributed by atoms with Gasteiger partial charge in [0.25, 0.3) is 5.91 Å². The Morgan fingerprint density at radius 3 is 3.00 bits per heavy atom. The lowest BCUT2D eigenvalue weighted by Gasteiger charge is -2.12. The second-order valence-electron chi connectivity index (χ2n) is 5.01. The second kappa shape index (κ2) is 5.66. The van der Waals surface area contributed by atoms with Gasteiger partial charge in [-0.25, -0.2) is 4.98 Å². The first-order valence-corrected chi connectivity index (χ1v) is 7.73. The molecule has 2 aromatic rings. The predicted octanol–water partition coefficient (Wildman–Crippen LogP) is 2.31. The van der Waals surface area contributed by atoms with Crippen molar-refractivity contribution in [2.24, 2.45) is 0 Å². The summed E-state index contributed by atoms with van der Waals surface area (Å²) in [6, 6.07) is 1.79. The number of amides is 1. The molecular formula is C14H18N4OS. The van der Waals surface area contributed by atoms with Crippen molar-refractivity contribution in [3.8, 4) is 0 Å². The maximum Gasteiger partial charge on any atom is 0.253 e. The zero-order valence-corrected chi connectivity index (χ0v) is 12.3. The van der Waals surface area contributed by atoms with Crippen LogP contribution < -0.4 is 10.2 Å². The van der Waals surface area contributed by atoms with E-state index in [0.29, 0.717) is 12.1 Å². The Kier molecular flexibility index (Phi) is 3.73. The minimum Gasteiger partial charge on any atom is -0.365 e. The van der Waals surface area contributed by atoms with E-state index in [1.165, 1.54) is 12.8 Å². The van der Waals surface area contributed by atoms with Gasteiger partial charge < -0.3 is 15.2 Å². The second-order valence-corrected chi connectivity index (χ2v) is 5.85. The first kappa shape index (κ1) is 13.2. The molecule has 5 nitrogen and oxygen atoms in total. The van der Waals surface area contributed by atoms with Crippen LogP contribution in [0.1, 0.15) is 34.6 Å². The molecule has 0 atom stereocenters. The highest BCUT2D eigenvalue weighted by atomic mass is 32.1. The number of aromatic amines is 1. The van der Waals surface area contributed by atoms with Crippen LogP contribution in [-0.2, 0) is 6.54 Å². The summed E-state index contributed by atoms with van der Waals surface area (Å²) in [6.07, 6.45) is 4.27. The summed E-state index contributed by atoms with van der Waals surface area (Å²) in [5, 5.41) is 6.01. The van der Waals surface area contributed by atoms with Gasteiger partial charge in [0.05, 0.1) is 17.8 Å². The maximum atomic E-state index is 12.0. The lowest BCUT2D eigenvalue weighted by Crippen LogP contribution is -2.23. The molecule has 1 fully saturated rings. The number of thiazole rings is 1. The largest absolute Gasteiger partial charge is 0.365 e. The molecular weight excluding hydrogens is 272 g/mol. The van der Waals surface area contributed by atoms with Crippen LogP contribution in [0.25, 0.3) is 0 Å². The van der Waals surface area contributed by atoms with Crippen molar-refractivity contribution in [2.45, 2.75) is 26.3 Å². The molecule has 0 radical (unpaired) electrons. The number of anilines is 1. The van der Waals surface area contributed by atoms with Crippen LogP contribution in [0.15, 0.2) is 17.6 Å². The van der Waals surface area contributed by atoms with E-state index in [1.807, 2.05) is 12.3 Å². The number of carbonyl (C=O) groups is 1. The van der Waals surface area contributed by atoms with E-state index >= 15 is 0 Å². The van der Waals surface area contributed by atoms with Crippen LogP contribution in [0.2, 0.25) is 0 Å². The number of aromatic nitrogens is 2. The molecule has 0 aliphatic carbocycles. The summed E-state index contributed by atoms with van der Waals surface area (Å²) in [6.45, 7) is 4.57. The Morgan fingerprint density at radius 1 is 1.50 bits per heavy atom. The zero-order chi connectivity index (χ0) is 13.9. The minimum atomic E-state index is -0.0560. The van der Waals surface area contributed by atoms with Gasteiger partial charge in [0.15, 0.2) is 5.13 Å². The van der Waals surface area contributed by atoms with E-state index in [4.69, 9.17) is 0 Å². The van der Waals surface area contributed by atoms with Crippen LogP contribution in [0.4, 0.5) is 5.13 Å². The molecule has 2 N–H and O–H groups in total. The summed E-state index contributed by atoms with van der Waals surface area (Å²) in [4.78, 5) is 21.9. The van der Waals surface area contributed by atoms with Crippen molar-refractivity contribution in [1.82, 2.24) is 15.3 Å². The van der Waals surface area contributed by atoms with Crippen molar-refractivity contribution >= 4 is 22.4 Å². The lowest BCUT2D eigenvalue weighted by molar-refractivity contribution is 0.0950. The Labute approximate surface area is 122 Å². The van der Waals surface area contributed by atoms with Gasteiger partial charge in [-0.15, -0.1) is 11.3 Å². The summed E-state index contributed by atoms with van der Waals surface area (Å²) < 4.78 is 0. The quantitative estimate of drug-likeness (QED) is 0.908. The third kappa shape index (κ3) is 2.70. The van der Waals surface area contributed by atoms with Gasteiger partial charge in [-0.05, 0) is 25.8 Å². The van der Waals surface area contributed by atoms with Crippen LogP contribution in [0.3, 0.4) is 0 Å². The number of H-pyrrole nitrogens is 1. The topological polar surface area (TPSA) is 61.0 Å². The highest BCUT2D eigenvalue weighted by Crippen LogP contribution is 2.24. The van der Waals surface area contributed by atoms with Gasteiger partial charge >= 0.3 is 0 Å². The van der Waals surface area contributed by atoms with Crippen LogP contribution in [0.5, 0.6) is 0 Å². The van der Waals surface area contributed by atoms with Crippen molar-refractivity contribution in [1.29, 1.82) is 0 Å². The molecule has 106 valence electrons. The van der Waals surface area contributed by atoms with E-state index in [2.05, 4.69) is 20.2 Å².